The fourth-order valence-corrected chi connectivity index (χ4v) is 3.24. The van der Waals surface area contributed by atoms with Gasteiger partial charge in [-0.1, -0.05) is 11.6 Å². The molecule has 0 atom stereocenters. The molecule has 0 bridgehead atoms. The number of halogens is 2. The first-order valence-electron chi connectivity index (χ1n) is 7.11. The van der Waals surface area contributed by atoms with Crippen molar-refractivity contribution in [2.45, 2.75) is 11.8 Å². The zero-order chi connectivity index (χ0) is 18.6. The Balaban J connectivity index is 2.33. The topological polar surface area (TPSA) is 81.7 Å². The monoisotopic (exact) mass is 387 g/mol. The van der Waals surface area contributed by atoms with Gasteiger partial charge in [-0.25, -0.2) is 17.6 Å². The lowest BCUT2D eigenvalue weighted by Crippen LogP contribution is -2.14. The molecule has 134 valence electrons. The number of anilines is 1. The third-order valence-electron chi connectivity index (χ3n) is 3.15. The van der Waals surface area contributed by atoms with Crippen LogP contribution in [-0.4, -0.2) is 28.1 Å². The van der Waals surface area contributed by atoms with Crippen molar-refractivity contribution in [2.24, 2.45) is 0 Å². The SMILES string of the molecule is CCOC(=O)c1cc(NS(=O)(=O)c2ccc(OC)c(F)c2)ccc1Cl. The third-order valence-corrected chi connectivity index (χ3v) is 4.86. The molecular formula is C16H15ClFNO5S. The molecule has 6 nitrogen and oxygen atoms in total. The summed E-state index contributed by atoms with van der Waals surface area (Å²) in [6.07, 6.45) is 0. The van der Waals surface area contributed by atoms with E-state index in [0.29, 0.717) is 0 Å². The number of hydrogen-bond donors (Lipinski definition) is 1. The quantitative estimate of drug-likeness (QED) is 0.767. The molecule has 0 aliphatic carbocycles. The highest BCUT2D eigenvalue weighted by Gasteiger charge is 2.19. The first-order chi connectivity index (χ1) is 11.8. The van der Waals surface area contributed by atoms with Gasteiger partial charge in [0.2, 0.25) is 0 Å². The molecular weight excluding hydrogens is 373 g/mol. The number of carbonyl (C=O) groups is 1. The van der Waals surface area contributed by atoms with Crippen LogP contribution >= 0.6 is 11.6 Å². The van der Waals surface area contributed by atoms with Crippen molar-refractivity contribution in [3.63, 3.8) is 0 Å². The predicted octanol–water partition coefficient (Wildman–Crippen LogP) is 3.47. The molecule has 2 rings (SSSR count). The number of esters is 1. The van der Waals surface area contributed by atoms with E-state index in [1.807, 2.05) is 0 Å². The highest BCUT2D eigenvalue weighted by molar-refractivity contribution is 7.92. The summed E-state index contributed by atoms with van der Waals surface area (Å²) >= 11 is 5.93. The molecule has 2 aromatic rings. The molecule has 0 spiro atoms. The van der Waals surface area contributed by atoms with Gasteiger partial charge in [0.05, 0.1) is 29.2 Å². The number of hydrogen-bond acceptors (Lipinski definition) is 5. The maximum absolute atomic E-state index is 13.7. The number of benzene rings is 2. The summed E-state index contributed by atoms with van der Waals surface area (Å²) in [7, 11) is -2.80. The minimum atomic E-state index is -4.07. The van der Waals surface area contributed by atoms with Crippen LogP contribution < -0.4 is 9.46 Å². The van der Waals surface area contributed by atoms with Gasteiger partial charge in [0.1, 0.15) is 0 Å². The summed E-state index contributed by atoms with van der Waals surface area (Å²) in [6, 6.07) is 7.23. The lowest BCUT2D eigenvalue weighted by molar-refractivity contribution is 0.0526. The van der Waals surface area contributed by atoms with Gasteiger partial charge in [-0.15, -0.1) is 0 Å². The predicted molar refractivity (Wildman–Crippen MR) is 91.2 cm³/mol. The lowest BCUT2D eigenvalue weighted by atomic mass is 10.2. The highest BCUT2D eigenvalue weighted by Crippen LogP contribution is 2.25. The Morgan fingerprint density at radius 2 is 1.96 bits per heavy atom. The Bertz CT molecular complexity index is 901. The summed E-state index contributed by atoms with van der Waals surface area (Å²) in [5.41, 5.74) is 0.105. The summed E-state index contributed by atoms with van der Waals surface area (Å²) in [6.45, 7) is 1.78. The molecule has 0 aromatic heterocycles. The van der Waals surface area contributed by atoms with E-state index in [1.165, 1.54) is 37.4 Å². The van der Waals surface area contributed by atoms with Gasteiger partial charge in [0.15, 0.2) is 11.6 Å². The highest BCUT2D eigenvalue weighted by atomic mass is 35.5. The first kappa shape index (κ1) is 19.0. The van der Waals surface area contributed by atoms with E-state index in [9.17, 15) is 17.6 Å². The molecule has 9 heteroatoms. The summed E-state index contributed by atoms with van der Waals surface area (Å²) < 4.78 is 50.4. The van der Waals surface area contributed by atoms with E-state index < -0.39 is 21.8 Å². The number of ether oxygens (including phenoxy) is 2. The van der Waals surface area contributed by atoms with Gasteiger partial charge in [-0.2, -0.15) is 0 Å². The third kappa shape index (κ3) is 4.40. The van der Waals surface area contributed by atoms with Crippen molar-refractivity contribution < 1.29 is 27.1 Å². The zero-order valence-corrected chi connectivity index (χ0v) is 14.9. The second-order valence-corrected chi connectivity index (χ2v) is 6.91. The van der Waals surface area contributed by atoms with Crippen LogP contribution in [0.25, 0.3) is 0 Å². The van der Waals surface area contributed by atoms with Crippen LogP contribution in [0, 0.1) is 5.82 Å². The minimum Gasteiger partial charge on any atom is -0.494 e. The number of carbonyl (C=O) groups excluding carboxylic acids is 1. The van der Waals surface area contributed by atoms with Crippen molar-refractivity contribution in [3.05, 3.63) is 52.8 Å². The average Bonchev–Trinajstić information content (AvgIpc) is 2.56. The van der Waals surface area contributed by atoms with Crippen LogP contribution in [0.5, 0.6) is 5.75 Å². The minimum absolute atomic E-state index is 0.0182. The van der Waals surface area contributed by atoms with Gasteiger partial charge < -0.3 is 9.47 Å². The number of methoxy groups -OCH3 is 1. The number of rotatable bonds is 6. The van der Waals surface area contributed by atoms with E-state index in [2.05, 4.69) is 4.72 Å². The summed E-state index contributed by atoms with van der Waals surface area (Å²) in [5.74, 6) is -1.56. The molecule has 0 aliphatic heterocycles. The molecule has 0 unspecified atom stereocenters. The molecule has 2 aromatic carbocycles. The normalized spacial score (nSPS) is 11.0. The molecule has 1 N–H and O–H groups in total. The fourth-order valence-electron chi connectivity index (χ4n) is 1.98. The molecule has 0 heterocycles. The Morgan fingerprint density at radius 3 is 2.56 bits per heavy atom. The summed E-state index contributed by atoms with van der Waals surface area (Å²) in [4.78, 5) is 11.5. The van der Waals surface area contributed by atoms with Crippen molar-refractivity contribution in [3.8, 4) is 5.75 Å². The van der Waals surface area contributed by atoms with Gasteiger partial charge >= 0.3 is 5.97 Å². The van der Waals surface area contributed by atoms with Crippen molar-refractivity contribution in [1.82, 2.24) is 0 Å². The van der Waals surface area contributed by atoms with Gasteiger partial charge in [-0.05, 0) is 43.3 Å². The zero-order valence-electron chi connectivity index (χ0n) is 13.4. The van der Waals surface area contributed by atoms with Crippen LogP contribution in [0.3, 0.4) is 0 Å². The molecule has 0 aliphatic rings. The Hall–Kier alpha value is -2.32. The van der Waals surface area contributed by atoms with Crippen LogP contribution in [0.4, 0.5) is 10.1 Å². The van der Waals surface area contributed by atoms with E-state index >= 15 is 0 Å². The first-order valence-corrected chi connectivity index (χ1v) is 8.97. The van der Waals surface area contributed by atoms with E-state index in [0.717, 1.165) is 6.07 Å². The molecule has 0 radical (unpaired) electrons. The maximum Gasteiger partial charge on any atom is 0.339 e. The van der Waals surface area contributed by atoms with Crippen LogP contribution in [0.1, 0.15) is 17.3 Å². The molecule has 0 saturated carbocycles. The Labute approximate surface area is 149 Å². The molecule has 0 fully saturated rings. The lowest BCUT2D eigenvalue weighted by Gasteiger charge is -2.11. The molecule has 0 amide bonds. The number of nitrogens with one attached hydrogen (secondary N) is 1. The Morgan fingerprint density at radius 1 is 1.24 bits per heavy atom. The van der Waals surface area contributed by atoms with Crippen LogP contribution in [0.2, 0.25) is 5.02 Å². The second-order valence-electron chi connectivity index (χ2n) is 4.82. The largest absolute Gasteiger partial charge is 0.494 e. The van der Waals surface area contributed by atoms with E-state index in [1.54, 1.807) is 6.92 Å². The van der Waals surface area contributed by atoms with Crippen molar-refractivity contribution in [1.29, 1.82) is 0 Å². The van der Waals surface area contributed by atoms with Crippen LogP contribution in [-0.2, 0) is 14.8 Å². The van der Waals surface area contributed by atoms with Gasteiger partial charge in [0.25, 0.3) is 10.0 Å². The van der Waals surface area contributed by atoms with Gasteiger partial charge in [-0.3, -0.25) is 4.72 Å². The Kier molecular flexibility index (Phi) is 5.86. The summed E-state index contributed by atoms with van der Waals surface area (Å²) in [5, 5.41) is 0.122. The average molecular weight is 388 g/mol. The maximum atomic E-state index is 13.7. The molecule has 0 saturated heterocycles. The van der Waals surface area contributed by atoms with Crippen molar-refractivity contribution >= 4 is 33.3 Å². The van der Waals surface area contributed by atoms with Crippen molar-refractivity contribution in [2.75, 3.05) is 18.4 Å². The standard InChI is InChI=1S/C16H15ClFNO5S/c1-3-24-16(20)12-8-10(4-6-13(12)17)19-25(21,22)11-5-7-15(23-2)14(18)9-11/h4-9,19H,3H2,1-2H3. The van der Waals surface area contributed by atoms with Gasteiger partial charge in [0, 0.05) is 5.69 Å². The molecule has 25 heavy (non-hydrogen) atoms. The van der Waals surface area contributed by atoms with E-state index in [4.69, 9.17) is 21.1 Å². The second kappa shape index (κ2) is 7.71. The van der Waals surface area contributed by atoms with E-state index in [-0.39, 0.29) is 33.5 Å². The number of sulfonamides is 1. The fraction of sp³-hybridized carbons (Fsp3) is 0.188. The smallest absolute Gasteiger partial charge is 0.339 e. The van der Waals surface area contributed by atoms with Crippen LogP contribution in [0.15, 0.2) is 41.3 Å².